The molecule has 2 heteroatoms. The molecule has 0 aliphatic rings. The SMILES string of the molecule is COc1cccc(C(C)C)c1OC. The smallest absolute Gasteiger partial charge is 0.164 e. The van der Waals surface area contributed by atoms with Crippen LogP contribution in [-0.4, -0.2) is 14.2 Å². The summed E-state index contributed by atoms with van der Waals surface area (Å²) in [6.07, 6.45) is 0. The number of hydrogen-bond donors (Lipinski definition) is 0. The lowest BCUT2D eigenvalue weighted by Crippen LogP contribution is -1.97. The Morgan fingerprint density at radius 2 is 1.77 bits per heavy atom. The number of rotatable bonds is 3. The maximum Gasteiger partial charge on any atom is 0.164 e. The van der Waals surface area contributed by atoms with Crippen molar-refractivity contribution in [2.45, 2.75) is 19.8 Å². The van der Waals surface area contributed by atoms with Gasteiger partial charge in [-0.1, -0.05) is 26.0 Å². The molecule has 0 N–H and O–H groups in total. The topological polar surface area (TPSA) is 18.5 Å². The first-order valence-corrected chi connectivity index (χ1v) is 4.41. The van der Waals surface area contributed by atoms with E-state index in [1.165, 1.54) is 5.56 Å². The molecule has 0 fully saturated rings. The van der Waals surface area contributed by atoms with Gasteiger partial charge in [0.05, 0.1) is 14.2 Å². The second-order valence-electron chi connectivity index (χ2n) is 3.24. The van der Waals surface area contributed by atoms with Crippen molar-refractivity contribution in [3.05, 3.63) is 23.8 Å². The zero-order valence-electron chi connectivity index (χ0n) is 8.63. The fourth-order valence-corrected chi connectivity index (χ4v) is 1.37. The van der Waals surface area contributed by atoms with Gasteiger partial charge in [-0.25, -0.2) is 0 Å². The van der Waals surface area contributed by atoms with Gasteiger partial charge in [-0.3, -0.25) is 0 Å². The first-order chi connectivity index (χ1) is 6.20. The van der Waals surface area contributed by atoms with Gasteiger partial charge in [-0.2, -0.15) is 0 Å². The van der Waals surface area contributed by atoms with Gasteiger partial charge in [-0.15, -0.1) is 0 Å². The van der Waals surface area contributed by atoms with Crippen LogP contribution in [-0.2, 0) is 0 Å². The van der Waals surface area contributed by atoms with Crippen LogP contribution in [0.4, 0.5) is 0 Å². The molecule has 2 nitrogen and oxygen atoms in total. The van der Waals surface area contributed by atoms with Crippen LogP contribution in [0.2, 0.25) is 0 Å². The van der Waals surface area contributed by atoms with Gasteiger partial charge in [-0.05, 0) is 12.0 Å². The molecular formula is C11H16O2. The fourth-order valence-electron chi connectivity index (χ4n) is 1.37. The molecule has 1 rings (SSSR count). The highest BCUT2D eigenvalue weighted by molar-refractivity contribution is 5.47. The Bertz CT molecular complexity index is 279. The summed E-state index contributed by atoms with van der Waals surface area (Å²) in [6.45, 7) is 4.27. The summed E-state index contributed by atoms with van der Waals surface area (Å²) < 4.78 is 10.5. The van der Waals surface area contributed by atoms with Crippen LogP contribution in [0.3, 0.4) is 0 Å². The van der Waals surface area contributed by atoms with Crippen molar-refractivity contribution in [2.75, 3.05) is 14.2 Å². The predicted molar refractivity (Wildman–Crippen MR) is 53.6 cm³/mol. The van der Waals surface area contributed by atoms with Crippen molar-refractivity contribution in [2.24, 2.45) is 0 Å². The predicted octanol–water partition coefficient (Wildman–Crippen LogP) is 2.83. The molecule has 0 atom stereocenters. The molecular weight excluding hydrogens is 164 g/mol. The third-order valence-corrected chi connectivity index (χ3v) is 2.06. The molecule has 13 heavy (non-hydrogen) atoms. The first-order valence-electron chi connectivity index (χ1n) is 4.41. The van der Waals surface area contributed by atoms with Gasteiger partial charge in [0.2, 0.25) is 0 Å². The van der Waals surface area contributed by atoms with Crippen LogP contribution in [0.1, 0.15) is 25.3 Å². The molecule has 72 valence electrons. The number of hydrogen-bond acceptors (Lipinski definition) is 2. The highest BCUT2D eigenvalue weighted by Crippen LogP contribution is 2.34. The number of benzene rings is 1. The van der Waals surface area contributed by atoms with E-state index in [9.17, 15) is 0 Å². The Morgan fingerprint density at radius 1 is 1.08 bits per heavy atom. The van der Waals surface area contributed by atoms with Gasteiger partial charge in [0.25, 0.3) is 0 Å². The average molecular weight is 180 g/mol. The quantitative estimate of drug-likeness (QED) is 0.712. The molecule has 0 saturated heterocycles. The zero-order chi connectivity index (χ0) is 9.84. The molecule has 0 aromatic heterocycles. The summed E-state index contributed by atoms with van der Waals surface area (Å²) in [5, 5.41) is 0. The Labute approximate surface area is 79.5 Å². The zero-order valence-corrected chi connectivity index (χ0v) is 8.63. The van der Waals surface area contributed by atoms with Crippen molar-refractivity contribution in [1.29, 1.82) is 0 Å². The molecule has 0 aliphatic heterocycles. The second-order valence-corrected chi connectivity index (χ2v) is 3.24. The number of methoxy groups -OCH3 is 2. The van der Waals surface area contributed by atoms with Crippen LogP contribution >= 0.6 is 0 Å². The maximum absolute atomic E-state index is 5.30. The third kappa shape index (κ3) is 1.94. The van der Waals surface area contributed by atoms with Crippen LogP contribution in [0.5, 0.6) is 11.5 Å². The minimum Gasteiger partial charge on any atom is -0.493 e. The Balaban J connectivity index is 3.19. The van der Waals surface area contributed by atoms with E-state index in [1.807, 2.05) is 12.1 Å². The second kappa shape index (κ2) is 4.17. The van der Waals surface area contributed by atoms with Crippen molar-refractivity contribution < 1.29 is 9.47 Å². The molecule has 0 unspecified atom stereocenters. The van der Waals surface area contributed by atoms with E-state index in [4.69, 9.17) is 9.47 Å². The van der Waals surface area contributed by atoms with E-state index >= 15 is 0 Å². The number of ether oxygens (including phenoxy) is 2. The lowest BCUT2D eigenvalue weighted by molar-refractivity contribution is 0.350. The summed E-state index contributed by atoms with van der Waals surface area (Å²) in [5.41, 5.74) is 1.18. The van der Waals surface area contributed by atoms with E-state index in [1.54, 1.807) is 14.2 Å². The standard InChI is InChI=1S/C11H16O2/c1-8(2)9-6-5-7-10(12-3)11(9)13-4/h5-8H,1-4H3. The largest absolute Gasteiger partial charge is 0.493 e. The van der Waals surface area contributed by atoms with E-state index in [-0.39, 0.29) is 0 Å². The van der Waals surface area contributed by atoms with Gasteiger partial charge < -0.3 is 9.47 Å². The molecule has 1 aromatic rings. The Morgan fingerprint density at radius 3 is 2.23 bits per heavy atom. The first kappa shape index (κ1) is 9.90. The van der Waals surface area contributed by atoms with E-state index in [2.05, 4.69) is 19.9 Å². The molecule has 0 saturated carbocycles. The minimum atomic E-state index is 0.449. The third-order valence-electron chi connectivity index (χ3n) is 2.06. The monoisotopic (exact) mass is 180 g/mol. The van der Waals surface area contributed by atoms with Gasteiger partial charge in [0, 0.05) is 5.56 Å². The highest BCUT2D eigenvalue weighted by atomic mass is 16.5. The molecule has 0 spiro atoms. The number of para-hydroxylation sites is 1. The van der Waals surface area contributed by atoms with Gasteiger partial charge >= 0.3 is 0 Å². The van der Waals surface area contributed by atoms with Crippen molar-refractivity contribution in [3.63, 3.8) is 0 Å². The van der Waals surface area contributed by atoms with Crippen LogP contribution < -0.4 is 9.47 Å². The maximum atomic E-state index is 5.30. The van der Waals surface area contributed by atoms with E-state index in [0.717, 1.165) is 11.5 Å². The van der Waals surface area contributed by atoms with Crippen LogP contribution in [0.15, 0.2) is 18.2 Å². The lowest BCUT2D eigenvalue weighted by Gasteiger charge is -2.14. The van der Waals surface area contributed by atoms with E-state index < -0.39 is 0 Å². The Hall–Kier alpha value is -1.18. The molecule has 0 radical (unpaired) electrons. The van der Waals surface area contributed by atoms with Crippen LogP contribution in [0, 0.1) is 0 Å². The van der Waals surface area contributed by atoms with Crippen molar-refractivity contribution in [3.8, 4) is 11.5 Å². The minimum absolute atomic E-state index is 0.449. The average Bonchev–Trinajstić information content (AvgIpc) is 2.16. The summed E-state index contributed by atoms with van der Waals surface area (Å²) in [7, 11) is 3.33. The van der Waals surface area contributed by atoms with Gasteiger partial charge in [0.1, 0.15) is 0 Å². The normalized spacial score (nSPS) is 10.2. The lowest BCUT2D eigenvalue weighted by atomic mass is 10.0. The fraction of sp³-hybridized carbons (Fsp3) is 0.455. The van der Waals surface area contributed by atoms with Crippen molar-refractivity contribution >= 4 is 0 Å². The summed E-state index contributed by atoms with van der Waals surface area (Å²) in [4.78, 5) is 0. The molecule has 0 bridgehead atoms. The highest BCUT2D eigenvalue weighted by Gasteiger charge is 2.11. The van der Waals surface area contributed by atoms with Crippen LogP contribution in [0.25, 0.3) is 0 Å². The summed E-state index contributed by atoms with van der Waals surface area (Å²) in [5.74, 6) is 2.10. The molecule has 0 amide bonds. The summed E-state index contributed by atoms with van der Waals surface area (Å²) in [6, 6.07) is 5.95. The van der Waals surface area contributed by atoms with Crippen molar-refractivity contribution in [1.82, 2.24) is 0 Å². The summed E-state index contributed by atoms with van der Waals surface area (Å²) >= 11 is 0. The molecule has 1 aromatic carbocycles. The molecule has 0 aliphatic carbocycles. The van der Waals surface area contributed by atoms with Gasteiger partial charge in [0.15, 0.2) is 11.5 Å². The van der Waals surface area contributed by atoms with E-state index in [0.29, 0.717) is 5.92 Å². The molecule has 0 heterocycles. The Kier molecular flexibility index (Phi) is 3.18.